The lowest BCUT2D eigenvalue weighted by Gasteiger charge is -2.19. The van der Waals surface area contributed by atoms with E-state index < -0.39 is 0 Å². The van der Waals surface area contributed by atoms with Gasteiger partial charge in [-0.25, -0.2) is 9.67 Å². The third kappa shape index (κ3) is 4.51. The van der Waals surface area contributed by atoms with E-state index in [2.05, 4.69) is 55.1 Å². The number of benzene rings is 2. The summed E-state index contributed by atoms with van der Waals surface area (Å²) >= 11 is 6.00. The molecule has 0 N–H and O–H groups in total. The van der Waals surface area contributed by atoms with E-state index in [1.807, 2.05) is 42.8 Å². The summed E-state index contributed by atoms with van der Waals surface area (Å²) in [7, 11) is 0. The van der Waals surface area contributed by atoms with E-state index in [9.17, 15) is 0 Å². The number of rotatable bonds is 5. The largest absolute Gasteiger partial charge is 0.491 e. The third-order valence-electron chi connectivity index (χ3n) is 4.23. The molecule has 0 bridgehead atoms. The van der Waals surface area contributed by atoms with Crippen LogP contribution in [0, 0.1) is 0 Å². The van der Waals surface area contributed by atoms with Crippen molar-refractivity contribution in [1.82, 2.24) is 14.8 Å². The molecule has 0 saturated heterocycles. The second-order valence-electron chi connectivity index (χ2n) is 7.88. The molecule has 0 aliphatic carbocycles. The highest BCUT2D eigenvalue weighted by Crippen LogP contribution is 2.27. The Hall–Kier alpha value is -2.33. The molecule has 1 aromatic heterocycles. The molecular formula is C22H26ClN3O. The van der Waals surface area contributed by atoms with Crippen LogP contribution in [-0.4, -0.2) is 20.9 Å². The molecule has 0 fully saturated rings. The number of alkyl halides is 1. The Labute approximate surface area is 166 Å². The maximum atomic E-state index is 6.00. The summed E-state index contributed by atoms with van der Waals surface area (Å²) in [5, 5.41) is 4.57. The fraction of sp³-hybridized carbons (Fsp3) is 0.364. The van der Waals surface area contributed by atoms with Gasteiger partial charge in [-0.2, -0.15) is 0 Å². The van der Waals surface area contributed by atoms with Crippen LogP contribution in [-0.2, 0) is 11.3 Å². The second-order valence-corrected chi connectivity index (χ2v) is 8.15. The monoisotopic (exact) mass is 383 g/mol. The summed E-state index contributed by atoms with van der Waals surface area (Å²) in [6.45, 7) is 10.6. The first-order chi connectivity index (χ1) is 12.8. The molecule has 3 aromatic rings. The number of nitrogens with zero attached hydrogens (tertiary/aromatic N) is 3. The van der Waals surface area contributed by atoms with Crippen LogP contribution in [0.25, 0.3) is 17.1 Å². The minimum atomic E-state index is 0.111. The van der Waals surface area contributed by atoms with E-state index in [1.165, 1.54) is 5.56 Å². The molecule has 2 aromatic carbocycles. The van der Waals surface area contributed by atoms with Gasteiger partial charge in [0.1, 0.15) is 5.75 Å². The average Bonchev–Trinajstić information content (AvgIpc) is 3.06. The van der Waals surface area contributed by atoms with Crippen molar-refractivity contribution in [3.05, 3.63) is 59.9 Å². The normalized spacial score (nSPS) is 11.8. The number of aromatic nitrogens is 3. The van der Waals surface area contributed by atoms with Crippen LogP contribution in [0.2, 0.25) is 0 Å². The standard InChI is InChI=1S/C22H26ClN3O/c1-15(2)27-19-12-10-18(11-13-19)26-21(24-20(14-23)25-26)16-6-8-17(9-7-16)22(3,4)5/h6-13,15H,14H2,1-5H3. The molecular weight excluding hydrogens is 358 g/mol. The van der Waals surface area contributed by atoms with Gasteiger partial charge in [0, 0.05) is 5.56 Å². The molecule has 0 aliphatic rings. The van der Waals surface area contributed by atoms with Gasteiger partial charge in [0.05, 0.1) is 17.7 Å². The molecule has 0 atom stereocenters. The van der Waals surface area contributed by atoms with Crippen LogP contribution >= 0.6 is 11.6 Å². The highest BCUT2D eigenvalue weighted by molar-refractivity contribution is 6.16. The van der Waals surface area contributed by atoms with Crippen molar-refractivity contribution < 1.29 is 4.74 Å². The third-order valence-corrected chi connectivity index (χ3v) is 4.47. The van der Waals surface area contributed by atoms with Crippen molar-refractivity contribution in [3.63, 3.8) is 0 Å². The minimum Gasteiger partial charge on any atom is -0.491 e. The van der Waals surface area contributed by atoms with Crippen LogP contribution in [0.4, 0.5) is 0 Å². The zero-order valence-electron chi connectivity index (χ0n) is 16.5. The van der Waals surface area contributed by atoms with Gasteiger partial charge in [-0.1, -0.05) is 45.0 Å². The summed E-state index contributed by atoms with van der Waals surface area (Å²) in [5.41, 5.74) is 3.32. The lowest BCUT2D eigenvalue weighted by Crippen LogP contribution is -2.10. The maximum Gasteiger partial charge on any atom is 0.166 e. The Bertz CT molecular complexity index is 891. The van der Waals surface area contributed by atoms with Gasteiger partial charge in [-0.05, 0) is 49.1 Å². The summed E-state index contributed by atoms with van der Waals surface area (Å²) in [6.07, 6.45) is 0.141. The molecule has 0 spiro atoms. The van der Waals surface area contributed by atoms with Crippen molar-refractivity contribution in [1.29, 1.82) is 0 Å². The molecule has 3 rings (SSSR count). The topological polar surface area (TPSA) is 39.9 Å². The first-order valence-electron chi connectivity index (χ1n) is 9.18. The molecule has 5 heteroatoms. The van der Waals surface area contributed by atoms with Gasteiger partial charge in [0.15, 0.2) is 11.6 Å². The summed E-state index contributed by atoms with van der Waals surface area (Å²) < 4.78 is 7.56. The van der Waals surface area contributed by atoms with Gasteiger partial charge in [-0.3, -0.25) is 0 Å². The van der Waals surface area contributed by atoms with Crippen molar-refractivity contribution in [3.8, 4) is 22.8 Å². The Morgan fingerprint density at radius 3 is 2.15 bits per heavy atom. The van der Waals surface area contributed by atoms with Gasteiger partial charge in [-0.15, -0.1) is 16.7 Å². The van der Waals surface area contributed by atoms with Gasteiger partial charge in [0.2, 0.25) is 0 Å². The smallest absolute Gasteiger partial charge is 0.166 e. The summed E-state index contributed by atoms with van der Waals surface area (Å²) in [6, 6.07) is 16.3. The highest BCUT2D eigenvalue weighted by atomic mass is 35.5. The SMILES string of the molecule is CC(C)Oc1ccc(-n2nc(CCl)nc2-c2ccc(C(C)(C)C)cc2)cc1. The van der Waals surface area contributed by atoms with Crippen LogP contribution in [0.1, 0.15) is 46.0 Å². The molecule has 1 heterocycles. The summed E-state index contributed by atoms with van der Waals surface area (Å²) in [4.78, 5) is 4.63. The first kappa shape index (κ1) is 19.4. The van der Waals surface area contributed by atoms with Crippen molar-refractivity contribution >= 4 is 11.6 Å². The molecule has 0 aliphatic heterocycles. The molecule has 0 saturated carbocycles. The van der Waals surface area contributed by atoms with E-state index in [-0.39, 0.29) is 17.4 Å². The van der Waals surface area contributed by atoms with E-state index in [4.69, 9.17) is 16.3 Å². The molecule has 0 radical (unpaired) electrons. The molecule has 142 valence electrons. The highest BCUT2D eigenvalue weighted by Gasteiger charge is 2.16. The lowest BCUT2D eigenvalue weighted by atomic mass is 9.87. The van der Waals surface area contributed by atoms with Gasteiger partial charge in [0.25, 0.3) is 0 Å². The fourth-order valence-electron chi connectivity index (χ4n) is 2.84. The lowest BCUT2D eigenvalue weighted by molar-refractivity contribution is 0.242. The van der Waals surface area contributed by atoms with Crippen molar-refractivity contribution in [2.24, 2.45) is 0 Å². The zero-order valence-corrected chi connectivity index (χ0v) is 17.3. The number of ether oxygens (including phenoxy) is 1. The van der Waals surface area contributed by atoms with E-state index in [0.29, 0.717) is 5.82 Å². The second kappa shape index (κ2) is 7.73. The van der Waals surface area contributed by atoms with E-state index >= 15 is 0 Å². The predicted molar refractivity (Wildman–Crippen MR) is 111 cm³/mol. The van der Waals surface area contributed by atoms with Crippen LogP contribution in [0.15, 0.2) is 48.5 Å². The minimum absolute atomic E-state index is 0.111. The zero-order chi connectivity index (χ0) is 19.6. The molecule has 4 nitrogen and oxygen atoms in total. The Balaban J connectivity index is 1.99. The number of hydrogen-bond donors (Lipinski definition) is 0. The van der Waals surface area contributed by atoms with E-state index in [1.54, 1.807) is 0 Å². The molecule has 0 amide bonds. The van der Waals surface area contributed by atoms with E-state index in [0.717, 1.165) is 22.8 Å². The average molecular weight is 384 g/mol. The Kier molecular flexibility index (Phi) is 5.56. The van der Waals surface area contributed by atoms with Crippen LogP contribution in [0.5, 0.6) is 5.75 Å². The number of hydrogen-bond acceptors (Lipinski definition) is 3. The van der Waals surface area contributed by atoms with Crippen LogP contribution in [0.3, 0.4) is 0 Å². The van der Waals surface area contributed by atoms with Gasteiger partial charge < -0.3 is 4.74 Å². The van der Waals surface area contributed by atoms with Crippen LogP contribution < -0.4 is 4.74 Å². The number of halogens is 1. The van der Waals surface area contributed by atoms with Crippen molar-refractivity contribution in [2.75, 3.05) is 0 Å². The molecule has 0 unspecified atom stereocenters. The van der Waals surface area contributed by atoms with Gasteiger partial charge >= 0.3 is 0 Å². The quantitative estimate of drug-likeness (QED) is 0.526. The van der Waals surface area contributed by atoms with Crippen molar-refractivity contribution in [2.45, 2.75) is 52.0 Å². The molecule has 27 heavy (non-hydrogen) atoms. The predicted octanol–water partition coefficient (Wildman–Crippen LogP) is 5.76. The Morgan fingerprint density at radius 1 is 1.00 bits per heavy atom. The first-order valence-corrected chi connectivity index (χ1v) is 9.71. The summed E-state index contributed by atoms with van der Waals surface area (Å²) in [5.74, 6) is 2.49. The fourth-order valence-corrected chi connectivity index (χ4v) is 2.95. The maximum absolute atomic E-state index is 6.00. The Morgan fingerprint density at radius 2 is 1.63 bits per heavy atom.